The fourth-order valence-corrected chi connectivity index (χ4v) is 5.14. The molecule has 7 heteroatoms. The van der Waals surface area contributed by atoms with E-state index >= 15 is 0 Å². The molecule has 4 rings (SSSR count). The Morgan fingerprint density at radius 1 is 1.30 bits per heavy atom. The fourth-order valence-electron chi connectivity index (χ4n) is 3.54. The summed E-state index contributed by atoms with van der Waals surface area (Å²) < 4.78 is 5.90. The van der Waals surface area contributed by atoms with Crippen molar-refractivity contribution in [2.24, 2.45) is 0 Å². The van der Waals surface area contributed by atoms with Crippen molar-refractivity contribution < 1.29 is 14.3 Å². The summed E-state index contributed by atoms with van der Waals surface area (Å²) in [6, 6.07) is 13.9. The van der Waals surface area contributed by atoms with E-state index in [4.69, 9.17) is 16.3 Å². The van der Waals surface area contributed by atoms with E-state index in [0.29, 0.717) is 34.4 Å². The lowest BCUT2D eigenvalue weighted by Gasteiger charge is -2.30. The minimum Gasteiger partial charge on any atom is -0.455 e. The fraction of sp³-hybridized carbons (Fsp3) is 0.300. The molecular weight excluding hydrogens is 384 g/mol. The maximum atomic E-state index is 12.9. The lowest BCUT2D eigenvalue weighted by molar-refractivity contribution is -0.135. The number of halogens is 1. The number of para-hydroxylation sites is 1. The molecule has 0 unspecified atom stereocenters. The molecule has 0 radical (unpaired) electrons. The van der Waals surface area contributed by atoms with Crippen LogP contribution in [-0.4, -0.2) is 33.4 Å². The van der Waals surface area contributed by atoms with E-state index in [-0.39, 0.29) is 16.7 Å². The van der Waals surface area contributed by atoms with Crippen LogP contribution >= 0.6 is 23.4 Å². The highest BCUT2D eigenvalue weighted by Gasteiger charge is 2.52. The van der Waals surface area contributed by atoms with Crippen LogP contribution in [0.4, 0.5) is 5.69 Å². The van der Waals surface area contributed by atoms with Crippen LogP contribution in [0.3, 0.4) is 0 Å². The van der Waals surface area contributed by atoms with Crippen LogP contribution in [0.15, 0.2) is 48.5 Å². The Balaban J connectivity index is 1.56. The summed E-state index contributed by atoms with van der Waals surface area (Å²) in [5.41, 5.74) is 0.488. The van der Waals surface area contributed by atoms with Gasteiger partial charge in [0.05, 0.1) is 10.6 Å². The highest BCUT2D eigenvalue weighted by Crippen LogP contribution is 2.47. The SMILES string of the molecule is C[C@]12CCC(=O)N1[C@@H](C(=O)Nc1cc(Cl)ccc1Oc1ccccc1)CS2. The Hall–Kier alpha value is -2.18. The first-order valence-electron chi connectivity index (χ1n) is 8.76. The van der Waals surface area contributed by atoms with Gasteiger partial charge in [-0.2, -0.15) is 0 Å². The molecule has 0 aromatic heterocycles. The van der Waals surface area contributed by atoms with Gasteiger partial charge in [0.25, 0.3) is 0 Å². The molecule has 27 heavy (non-hydrogen) atoms. The number of amides is 2. The number of carbonyl (C=O) groups is 2. The zero-order chi connectivity index (χ0) is 19.0. The summed E-state index contributed by atoms with van der Waals surface area (Å²) in [7, 11) is 0. The molecule has 5 nitrogen and oxygen atoms in total. The second kappa shape index (κ2) is 7.09. The number of carbonyl (C=O) groups excluding carboxylic acids is 2. The van der Waals surface area contributed by atoms with Crippen molar-refractivity contribution >= 4 is 40.9 Å². The van der Waals surface area contributed by atoms with Gasteiger partial charge < -0.3 is 15.0 Å². The Morgan fingerprint density at radius 2 is 2.07 bits per heavy atom. The maximum Gasteiger partial charge on any atom is 0.248 e. The Kier molecular flexibility index (Phi) is 4.78. The third kappa shape index (κ3) is 3.51. The van der Waals surface area contributed by atoms with Crippen molar-refractivity contribution in [1.29, 1.82) is 0 Å². The second-order valence-electron chi connectivity index (χ2n) is 6.81. The van der Waals surface area contributed by atoms with E-state index < -0.39 is 6.04 Å². The van der Waals surface area contributed by atoms with Gasteiger partial charge in [-0.3, -0.25) is 9.59 Å². The largest absolute Gasteiger partial charge is 0.455 e. The van der Waals surface area contributed by atoms with Gasteiger partial charge in [0.1, 0.15) is 11.8 Å². The number of nitrogens with zero attached hydrogens (tertiary/aromatic N) is 1. The Morgan fingerprint density at radius 3 is 2.85 bits per heavy atom. The quantitative estimate of drug-likeness (QED) is 0.816. The summed E-state index contributed by atoms with van der Waals surface area (Å²) in [6.07, 6.45) is 1.27. The van der Waals surface area contributed by atoms with Gasteiger partial charge in [0.2, 0.25) is 11.8 Å². The molecule has 2 aliphatic heterocycles. The lowest BCUT2D eigenvalue weighted by Crippen LogP contribution is -2.48. The highest BCUT2D eigenvalue weighted by atomic mass is 35.5. The Labute approximate surface area is 167 Å². The number of anilines is 1. The number of rotatable bonds is 4. The normalized spacial score (nSPS) is 24.0. The van der Waals surface area contributed by atoms with E-state index in [1.807, 2.05) is 37.3 Å². The topological polar surface area (TPSA) is 58.6 Å². The minimum atomic E-state index is -0.487. The number of fused-ring (bicyclic) bond motifs is 1. The zero-order valence-corrected chi connectivity index (χ0v) is 16.3. The number of nitrogens with one attached hydrogen (secondary N) is 1. The molecule has 2 fully saturated rings. The van der Waals surface area contributed by atoms with Gasteiger partial charge in [-0.1, -0.05) is 29.8 Å². The standard InChI is InChI=1S/C20H19ClN2O3S/c1-20-10-9-18(24)23(20)16(12-27-20)19(25)22-15-11-13(21)7-8-17(15)26-14-5-3-2-4-6-14/h2-8,11,16H,9-10,12H2,1H3,(H,22,25)/t16-,20+/m1/s1. The molecule has 2 heterocycles. The van der Waals surface area contributed by atoms with E-state index in [1.165, 1.54) is 0 Å². The number of hydrogen-bond donors (Lipinski definition) is 1. The third-order valence-corrected chi connectivity index (χ3v) is 6.66. The monoisotopic (exact) mass is 402 g/mol. The lowest BCUT2D eigenvalue weighted by atomic mass is 10.2. The molecule has 140 valence electrons. The van der Waals surface area contributed by atoms with Crippen molar-refractivity contribution in [1.82, 2.24) is 4.90 Å². The van der Waals surface area contributed by atoms with Crippen LogP contribution in [-0.2, 0) is 9.59 Å². The average Bonchev–Trinajstić information content (AvgIpc) is 3.14. The van der Waals surface area contributed by atoms with Crippen LogP contribution in [0, 0.1) is 0 Å². The predicted octanol–water partition coefficient (Wildman–Crippen LogP) is 4.52. The van der Waals surface area contributed by atoms with E-state index in [9.17, 15) is 9.59 Å². The number of benzene rings is 2. The summed E-state index contributed by atoms with van der Waals surface area (Å²) in [4.78, 5) is 26.7. The molecule has 1 N–H and O–H groups in total. The van der Waals surface area contributed by atoms with Gasteiger partial charge in [0.15, 0.2) is 5.75 Å². The summed E-state index contributed by atoms with van der Waals surface area (Å²) in [5, 5.41) is 3.40. The van der Waals surface area contributed by atoms with Crippen molar-refractivity contribution in [3.05, 3.63) is 53.6 Å². The maximum absolute atomic E-state index is 12.9. The van der Waals surface area contributed by atoms with Crippen LogP contribution in [0.5, 0.6) is 11.5 Å². The number of hydrogen-bond acceptors (Lipinski definition) is 4. The predicted molar refractivity (Wildman–Crippen MR) is 107 cm³/mol. The molecule has 0 bridgehead atoms. The van der Waals surface area contributed by atoms with Crippen molar-refractivity contribution in [2.75, 3.05) is 11.1 Å². The number of ether oxygens (including phenoxy) is 1. The minimum absolute atomic E-state index is 0.0366. The third-order valence-electron chi connectivity index (χ3n) is 4.92. The van der Waals surface area contributed by atoms with E-state index in [2.05, 4.69) is 5.32 Å². The van der Waals surface area contributed by atoms with Gasteiger partial charge >= 0.3 is 0 Å². The molecule has 2 saturated heterocycles. The first-order chi connectivity index (χ1) is 13.0. The molecular formula is C20H19ClN2O3S. The van der Waals surface area contributed by atoms with Crippen LogP contribution in [0.1, 0.15) is 19.8 Å². The smallest absolute Gasteiger partial charge is 0.248 e. The first kappa shape index (κ1) is 18.2. The average molecular weight is 403 g/mol. The zero-order valence-electron chi connectivity index (χ0n) is 14.8. The molecule has 2 amide bonds. The van der Waals surface area contributed by atoms with E-state index in [1.54, 1.807) is 34.9 Å². The van der Waals surface area contributed by atoms with Crippen LogP contribution < -0.4 is 10.1 Å². The summed E-state index contributed by atoms with van der Waals surface area (Å²) >= 11 is 7.78. The molecule has 2 atom stereocenters. The summed E-state index contributed by atoms with van der Waals surface area (Å²) in [6.45, 7) is 2.03. The van der Waals surface area contributed by atoms with Crippen LogP contribution in [0.2, 0.25) is 5.02 Å². The van der Waals surface area contributed by atoms with Gasteiger partial charge in [-0.05, 0) is 43.7 Å². The number of thioether (sulfide) groups is 1. The summed E-state index contributed by atoms with van der Waals surface area (Å²) in [5.74, 6) is 1.56. The van der Waals surface area contributed by atoms with Crippen molar-refractivity contribution in [3.63, 3.8) is 0 Å². The van der Waals surface area contributed by atoms with Gasteiger partial charge in [-0.15, -0.1) is 11.8 Å². The Bertz CT molecular complexity index is 892. The van der Waals surface area contributed by atoms with Crippen LogP contribution in [0.25, 0.3) is 0 Å². The molecule has 0 spiro atoms. The molecule has 0 saturated carbocycles. The van der Waals surface area contributed by atoms with Crippen molar-refractivity contribution in [2.45, 2.75) is 30.7 Å². The molecule has 2 aliphatic rings. The van der Waals surface area contributed by atoms with E-state index in [0.717, 1.165) is 6.42 Å². The van der Waals surface area contributed by atoms with Crippen molar-refractivity contribution in [3.8, 4) is 11.5 Å². The molecule has 2 aromatic rings. The van der Waals surface area contributed by atoms with Gasteiger partial charge in [-0.25, -0.2) is 0 Å². The van der Waals surface area contributed by atoms with Gasteiger partial charge in [0, 0.05) is 17.2 Å². The molecule has 2 aromatic carbocycles. The highest BCUT2D eigenvalue weighted by molar-refractivity contribution is 8.01. The molecule has 0 aliphatic carbocycles. The first-order valence-corrected chi connectivity index (χ1v) is 10.1. The second-order valence-corrected chi connectivity index (χ2v) is 8.75.